The number of thiophene rings is 1. The second-order valence-electron chi connectivity index (χ2n) is 6.23. The van der Waals surface area contributed by atoms with Crippen LogP contribution in [0.5, 0.6) is 5.75 Å². The normalized spacial score (nSPS) is 11.1. The highest BCUT2D eigenvalue weighted by Gasteiger charge is 2.19. The zero-order valence-corrected chi connectivity index (χ0v) is 19.0. The van der Waals surface area contributed by atoms with Gasteiger partial charge in [0.25, 0.3) is 15.9 Å². The molecule has 29 heavy (non-hydrogen) atoms. The van der Waals surface area contributed by atoms with Crippen LogP contribution in [0.2, 0.25) is 0 Å². The molecule has 0 saturated carbocycles. The number of methoxy groups -OCH3 is 1. The smallest absolute Gasteiger partial charge is 0.261 e. The van der Waals surface area contributed by atoms with E-state index >= 15 is 0 Å². The van der Waals surface area contributed by atoms with Gasteiger partial charge in [-0.1, -0.05) is 6.07 Å². The molecule has 0 atom stereocenters. The quantitative estimate of drug-likeness (QED) is 0.520. The molecule has 0 aliphatic heterocycles. The number of hydrogen-bond acceptors (Lipinski definition) is 5. The summed E-state index contributed by atoms with van der Waals surface area (Å²) in [5.41, 5.74) is 0.712. The molecule has 0 aliphatic carbocycles. The zero-order chi connectivity index (χ0) is 21.0. The number of amides is 1. The van der Waals surface area contributed by atoms with Gasteiger partial charge in [0.15, 0.2) is 0 Å². The van der Waals surface area contributed by atoms with Crippen LogP contribution in [0.15, 0.2) is 69.3 Å². The van der Waals surface area contributed by atoms with Crippen LogP contribution in [-0.4, -0.2) is 33.4 Å². The third-order valence-electron chi connectivity index (χ3n) is 4.10. The molecule has 6 nitrogen and oxygen atoms in total. The van der Waals surface area contributed by atoms with Crippen molar-refractivity contribution in [3.63, 3.8) is 0 Å². The fourth-order valence-electron chi connectivity index (χ4n) is 2.63. The summed E-state index contributed by atoms with van der Waals surface area (Å²) < 4.78 is 34.0. The van der Waals surface area contributed by atoms with Gasteiger partial charge in [0.1, 0.15) is 5.75 Å². The lowest BCUT2D eigenvalue weighted by Gasteiger charge is -2.17. The van der Waals surface area contributed by atoms with Crippen molar-refractivity contribution >= 4 is 48.9 Å². The second kappa shape index (κ2) is 8.98. The lowest BCUT2D eigenvalue weighted by Crippen LogP contribution is -2.26. The van der Waals surface area contributed by atoms with Crippen molar-refractivity contribution in [1.82, 2.24) is 4.90 Å². The molecule has 1 heterocycles. The maximum Gasteiger partial charge on any atom is 0.261 e. The van der Waals surface area contributed by atoms with Gasteiger partial charge in [0, 0.05) is 23.2 Å². The van der Waals surface area contributed by atoms with Gasteiger partial charge in [0.2, 0.25) is 0 Å². The van der Waals surface area contributed by atoms with Crippen molar-refractivity contribution in [2.45, 2.75) is 11.4 Å². The van der Waals surface area contributed by atoms with E-state index in [1.165, 1.54) is 19.2 Å². The molecule has 3 aromatic rings. The fourth-order valence-corrected chi connectivity index (χ4v) is 5.27. The Hall–Kier alpha value is -2.36. The average molecular weight is 495 g/mol. The first-order chi connectivity index (χ1) is 13.8. The van der Waals surface area contributed by atoms with E-state index in [-0.39, 0.29) is 10.8 Å². The van der Waals surface area contributed by atoms with Crippen molar-refractivity contribution < 1.29 is 17.9 Å². The molecule has 1 aromatic heterocycles. The minimum atomic E-state index is -3.84. The Kier molecular flexibility index (Phi) is 6.61. The van der Waals surface area contributed by atoms with E-state index in [2.05, 4.69) is 20.7 Å². The molecule has 0 radical (unpaired) electrons. The maximum atomic E-state index is 12.8. The summed E-state index contributed by atoms with van der Waals surface area (Å²) >= 11 is 4.95. The third kappa shape index (κ3) is 5.37. The Morgan fingerprint density at radius 1 is 1.14 bits per heavy atom. The highest BCUT2D eigenvalue weighted by atomic mass is 79.9. The van der Waals surface area contributed by atoms with Gasteiger partial charge in [-0.3, -0.25) is 9.52 Å². The molecule has 1 amide bonds. The molecular weight excluding hydrogens is 476 g/mol. The molecule has 1 N–H and O–H groups in total. The van der Waals surface area contributed by atoms with Gasteiger partial charge >= 0.3 is 0 Å². The molecule has 0 bridgehead atoms. The summed E-state index contributed by atoms with van der Waals surface area (Å²) in [7, 11) is -0.611. The first kappa shape index (κ1) is 21.4. The highest BCUT2D eigenvalue weighted by molar-refractivity contribution is 9.11. The van der Waals surface area contributed by atoms with Crippen molar-refractivity contribution in [2.75, 3.05) is 18.9 Å². The standard InChI is InChI=1S/C20H19BrN2O4S2/c1-23(13-17-10-11-19(21)28-17)20(24)14-4-3-5-18(12-14)29(25,26)22-15-6-8-16(27-2)9-7-15/h3-12,22H,13H2,1-2H3. The summed E-state index contributed by atoms with van der Waals surface area (Å²) in [6.45, 7) is 0.441. The molecule has 9 heteroatoms. The molecule has 0 fully saturated rings. The van der Waals surface area contributed by atoms with Crippen molar-refractivity contribution in [3.05, 3.63) is 74.9 Å². The van der Waals surface area contributed by atoms with Crippen molar-refractivity contribution in [2.24, 2.45) is 0 Å². The number of nitrogens with one attached hydrogen (secondary N) is 1. The van der Waals surface area contributed by atoms with E-state index < -0.39 is 10.0 Å². The molecular formula is C20H19BrN2O4S2. The van der Waals surface area contributed by atoms with Crippen LogP contribution in [0, 0.1) is 0 Å². The second-order valence-corrected chi connectivity index (χ2v) is 10.5. The van der Waals surface area contributed by atoms with E-state index in [1.54, 1.807) is 59.7 Å². The first-order valence-electron chi connectivity index (χ1n) is 8.55. The number of ether oxygens (including phenoxy) is 1. The predicted molar refractivity (Wildman–Crippen MR) is 118 cm³/mol. The fraction of sp³-hybridized carbons (Fsp3) is 0.150. The van der Waals surface area contributed by atoms with E-state index in [0.29, 0.717) is 23.5 Å². The van der Waals surface area contributed by atoms with Crippen molar-refractivity contribution in [1.29, 1.82) is 0 Å². The van der Waals surface area contributed by atoms with Gasteiger partial charge < -0.3 is 9.64 Å². The summed E-state index contributed by atoms with van der Waals surface area (Å²) in [6, 6.07) is 16.4. The Morgan fingerprint density at radius 3 is 2.48 bits per heavy atom. The van der Waals surface area contributed by atoms with Gasteiger partial charge in [0.05, 0.1) is 22.3 Å². The van der Waals surface area contributed by atoms with E-state index in [4.69, 9.17) is 4.74 Å². The number of sulfonamides is 1. The van der Waals surface area contributed by atoms with Crippen LogP contribution >= 0.6 is 27.3 Å². The zero-order valence-electron chi connectivity index (χ0n) is 15.8. The Bertz CT molecular complexity index is 1110. The summed E-state index contributed by atoms with van der Waals surface area (Å²) in [5.74, 6) is 0.373. The average Bonchev–Trinajstić information content (AvgIpc) is 3.12. The number of nitrogens with zero attached hydrogens (tertiary/aromatic N) is 1. The summed E-state index contributed by atoms with van der Waals surface area (Å²) in [6.07, 6.45) is 0. The molecule has 152 valence electrons. The number of carbonyl (C=O) groups is 1. The minimum absolute atomic E-state index is 0.0198. The summed E-state index contributed by atoms with van der Waals surface area (Å²) in [4.78, 5) is 15.4. The number of rotatable bonds is 7. The van der Waals surface area contributed by atoms with Crippen LogP contribution in [0.1, 0.15) is 15.2 Å². The SMILES string of the molecule is COc1ccc(NS(=O)(=O)c2cccc(C(=O)N(C)Cc3ccc(Br)s3)c2)cc1. The molecule has 3 rings (SSSR count). The van der Waals surface area contributed by atoms with Gasteiger partial charge in [-0.2, -0.15) is 0 Å². The topological polar surface area (TPSA) is 75.7 Å². The Labute approximate surface area is 182 Å². The Balaban J connectivity index is 1.77. The van der Waals surface area contributed by atoms with Gasteiger partial charge in [-0.25, -0.2) is 8.42 Å². The number of carbonyl (C=O) groups excluding carboxylic acids is 1. The maximum absolute atomic E-state index is 12.8. The number of benzene rings is 2. The predicted octanol–water partition coefficient (Wildman–Crippen LogP) is 4.59. The van der Waals surface area contributed by atoms with E-state index in [0.717, 1.165) is 8.66 Å². The monoisotopic (exact) mass is 494 g/mol. The van der Waals surface area contributed by atoms with E-state index in [1.807, 2.05) is 12.1 Å². The number of anilines is 1. The lowest BCUT2D eigenvalue weighted by molar-refractivity contribution is 0.0786. The first-order valence-corrected chi connectivity index (χ1v) is 11.6. The highest BCUT2D eigenvalue weighted by Crippen LogP contribution is 2.24. The van der Waals surface area contributed by atoms with Crippen LogP contribution < -0.4 is 9.46 Å². The van der Waals surface area contributed by atoms with Gasteiger partial charge in [-0.05, 0) is 70.5 Å². The Morgan fingerprint density at radius 2 is 1.86 bits per heavy atom. The lowest BCUT2D eigenvalue weighted by atomic mass is 10.2. The number of hydrogen-bond donors (Lipinski definition) is 1. The van der Waals surface area contributed by atoms with Crippen molar-refractivity contribution in [3.8, 4) is 5.75 Å². The molecule has 0 saturated heterocycles. The largest absolute Gasteiger partial charge is 0.497 e. The summed E-state index contributed by atoms with van der Waals surface area (Å²) in [5, 5.41) is 0. The molecule has 0 spiro atoms. The molecule has 0 aliphatic rings. The van der Waals surface area contributed by atoms with Crippen LogP contribution in [0.3, 0.4) is 0 Å². The van der Waals surface area contributed by atoms with E-state index in [9.17, 15) is 13.2 Å². The minimum Gasteiger partial charge on any atom is -0.497 e. The van der Waals surface area contributed by atoms with Crippen LogP contribution in [0.4, 0.5) is 5.69 Å². The van der Waals surface area contributed by atoms with Crippen LogP contribution in [-0.2, 0) is 16.6 Å². The third-order valence-corrected chi connectivity index (χ3v) is 7.09. The molecule has 0 unspecified atom stereocenters. The molecule has 2 aromatic carbocycles. The number of halogens is 1. The van der Waals surface area contributed by atoms with Crippen LogP contribution in [0.25, 0.3) is 0 Å². The van der Waals surface area contributed by atoms with Gasteiger partial charge in [-0.15, -0.1) is 11.3 Å².